The highest BCUT2D eigenvalue weighted by molar-refractivity contribution is 7.99. The molecule has 1 aliphatic heterocycles. The van der Waals surface area contributed by atoms with Crippen LogP contribution in [-0.4, -0.2) is 40.8 Å². The van der Waals surface area contributed by atoms with E-state index in [2.05, 4.69) is 32.5 Å². The summed E-state index contributed by atoms with van der Waals surface area (Å²) in [6.07, 6.45) is 1.22. The van der Waals surface area contributed by atoms with E-state index in [1.54, 1.807) is 6.07 Å². The molecule has 0 spiro atoms. The van der Waals surface area contributed by atoms with Gasteiger partial charge in [-0.05, 0) is 61.9 Å². The third-order valence-electron chi connectivity index (χ3n) is 5.90. The Labute approximate surface area is 209 Å². The molecule has 1 saturated carbocycles. The number of likely N-dealkylation sites (N-methyl/N-ethyl adjacent to an activating group) is 1. The van der Waals surface area contributed by atoms with Gasteiger partial charge in [0.05, 0.1) is 21.3 Å². The van der Waals surface area contributed by atoms with Crippen LogP contribution in [0.1, 0.15) is 29.5 Å². The number of fused-ring (bicyclic) bond motifs is 1. The topological polar surface area (TPSA) is 53.1 Å². The van der Waals surface area contributed by atoms with Crippen LogP contribution in [0, 0.1) is 0 Å². The van der Waals surface area contributed by atoms with E-state index >= 15 is 0 Å². The molecule has 1 aliphatic carbocycles. The Bertz CT molecular complexity index is 1230. The van der Waals surface area contributed by atoms with E-state index in [0.29, 0.717) is 21.6 Å². The first-order valence-corrected chi connectivity index (χ1v) is 13.3. The molecule has 34 heavy (non-hydrogen) atoms. The highest BCUT2D eigenvalue weighted by Crippen LogP contribution is 2.45. The summed E-state index contributed by atoms with van der Waals surface area (Å²) >= 11 is 9.29. The minimum atomic E-state index is -4.57. The van der Waals surface area contributed by atoms with Crippen molar-refractivity contribution in [1.29, 1.82) is 0 Å². The standard InChI is InChI=1S/C23H23ClF3N5S2/c1-32-6-5-12-8-17(16(24)7-13(12)11-32)30-22-28-10-15(23(25,26)27)20(31-22)18-9-19(33-2)21(34-18)29-14-3-4-14/h7-10,14,29H,3-6,11H2,1-2H3,(H,28,30,31). The van der Waals surface area contributed by atoms with Crippen LogP contribution in [0.4, 0.5) is 29.8 Å². The minimum Gasteiger partial charge on any atom is -0.373 e. The van der Waals surface area contributed by atoms with Crippen LogP contribution in [0.3, 0.4) is 0 Å². The molecule has 5 rings (SSSR count). The van der Waals surface area contributed by atoms with Crippen LogP contribution in [-0.2, 0) is 19.1 Å². The van der Waals surface area contributed by atoms with Crippen molar-refractivity contribution in [3.8, 4) is 10.6 Å². The first-order valence-electron chi connectivity index (χ1n) is 10.9. The first-order chi connectivity index (χ1) is 16.2. The summed E-state index contributed by atoms with van der Waals surface area (Å²) in [6, 6.07) is 6.01. The van der Waals surface area contributed by atoms with Gasteiger partial charge in [-0.15, -0.1) is 23.1 Å². The number of hydrogen-bond donors (Lipinski definition) is 2. The van der Waals surface area contributed by atoms with Crippen molar-refractivity contribution in [3.05, 3.63) is 46.1 Å². The highest BCUT2D eigenvalue weighted by Gasteiger charge is 2.36. The Balaban J connectivity index is 1.51. The molecule has 0 atom stereocenters. The predicted molar refractivity (Wildman–Crippen MR) is 134 cm³/mol. The molecule has 180 valence electrons. The SMILES string of the molecule is CSc1cc(-c2nc(Nc3cc4c(cc3Cl)CN(C)CC4)ncc2C(F)(F)F)sc1NC1CC1. The van der Waals surface area contributed by atoms with Crippen molar-refractivity contribution in [3.63, 3.8) is 0 Å². The van der Waals surface area contributed by atoms with E-state index in [1.165, 1.54) is 23.1 Å². The monoisotopic (exact) mass is 525 g/mol. The van der Waals surface area contributed by atoms with Crippen molar-refractivity contribution >= 4 is 51.3 Å². The molecular formula is C23H23ClF3N5S2. The summed E-state index contributed by atoms with van der Waals surface area (Å²) in [7, 11) is 2.05. The molecule has 2 N–H and O–H groups in total. The maximum atomic E-state index is 13.8. The fourth-order valence-corrected chi connectivity index (χ4v) is 6.13. The van der Waals surface area contributed by atoms with Gasteiger partial charge < -0.3 is 15.5 Å². The summed E-state index contributed by atoms with van der Waals surface area (Å²) in [5.74, 6) is 0.0774. The lowest BCUT2D eigenvalue weighted by molar-refractivity contribution is -0.137. The summed E-state index contributed by atoms with van der Waals surface area (Å²) in [4.78, 5) is 11.9. The van der Waals surface area contributed by atoms with E-state index in [1.807, 2.05) is 18.4 Å². The number of hydrogen-bond acceptors (Lipinski definition) is 7. The van der Waals surface area contributed by atoms with Gasteiger partial charge in [-0.1, -0.05) is 11.6 Å². The lowest BCUT2D eigenvalue weighted by Gasteiger charge is -2.26. The largest absolute Gasteiger partial charge is 0.420 e. The van der Waals surface area contributed by atoms with Crippen LogP contribution in [0.2, 0.25) is 5.02 Å². The third-order valence-corrected chi connectivity index (χ3v) is 8.17. The Hall–Kier alpha value is -2.01. The lowest BCUT2D eigenvalue weighted by Crippen LogP contribution is -2.26. The summed E-state index contributed by atoms with van der Waals surface area (Å²) in [5.41, 5.74) is 1.91. The van der Waals surface area contributed by atoms with Crippen LogP contribution < -0.4 is 10.6 Å². The van der Waals surface area contributed by atoms with Gasteiger partial charge >= 0.3 is 6.18 Å². The Morgan fingerprint density at radius 3 is 2.71 bits per heavy atom. The number of aromatic nitrogens is 2. The molecule has 3 heterocycles. The number of thiophene rings is 1. The zero-order chi connectivity index (χ0) is 24.0. The number of benzene rings is 1. The average Bonchev–Trinajstić information content (AvgIpc) is 3.50. The molecule has 2 aliphatic rings. The fraction of sp³-hybridized carbons (Fsp3) is 0.391. The third kappa shape index (κ3) is 5.00. The van der Waals surface area contributed by atoms with E-state index in [-0.39, 0.29) is 11.6 Å². The molecule has 1 aromatic carbocycles. The zero-order valence-corrected chi connectivity index (χ0v) is 21.0. The van der Waals surface area contributed by atoms with Gasteiger partial charge in [-0.2, -0.15) is 13.2 Å². The van der Waals surface area contributed by atoms with Crippen LogP contribution in [0.25, 0.3) is 10.6 Å². The highest BCUT2D eigenvalue weighted by atomic mass is 35.5. The van der Waals surface area contributed by atoms with Crippen LogP contribution in [0.15, 0.2) is 29.3 Å². The first kappa shape index (κ1) is 23.7. The van der Waals surface area contributed by atoms with Gasteiger partial charge in [0.2, 0.25) is 5.95 Å². The number of anilines is 3. The average molecular weight is 526 g/mol. The van der Waals surface area contributed by atoms with Gasteiger partial charge in [-0.3, -0.25) is 0 Å². The second-order valence-corrected chi connectivity index (χ2v) is 10.9. The van der Waals surface area contributed by atoms with Crippen molar-refractivity contribution in [2.24, 2.45) is 0 Å². The second-order valence-electron chi connectivity index (χ2n) is 8.59. The minimum absolute atomic E-state index is 0.0774. The lowest BCUT2D eigenvalue weighted by atomic mass is 9.99. The molecule has 5 nitrogen and oxygen atoms in total. The van der Waals surface area contributed by atoms with Gasteiger partial charge in [0.25, 0.3) is 0 Å². The van der Waals surface area contributed by atoms with E-state index < -0.39 is 11.7 Å². The van der Waals surface area contributed by atoms with E-state index in [0.717, 1.165) is 59.6 Å². The van der Waals surface area contributed by atoms with Gasteiger partial charge in [0.1, 0.15) is 10.6 Å². The molecule has 1 fully saturated rings. The van der Waals surface area contributed by atoms with E-state index in [9.17, 15) is 13.2 Å². The molecule has 0 bridgehead atoms. The molecule has 0 amide bonds. The van der Waals surface area contributed by atoms with Crippen molar-refractivity contribution in [1.82, 2.24) is 14.9 Å². The predicted octanol–water partition coefficient (Wildman–Crippen LogP) is 6.91. The maximum Gasteiger partial charge on any atom is 0.420 e. The summed E-state index contributed by atoms with van der Waals surface area (Å²) < 4.78 is 41.5. The van der Waals surface area contributed by atoms with E-state index in [4.69, 9.17) is 11.6 Å². The quantitative estimate of drug-likeness (QED) is 0.341. The molecule has 3 aromatic rings. The summed E-state index contributed by atoms with van der Waals surface area (Å²) in [6.45, 7) is 1.74. The fourth-order valence-electron chi connectivity index (χ4n) is 3.93. The Morgan fingerprint density at radius 2 is 2.00 bits per heavy atom. The molecule has 0 radical (unpaired) electrons. The molecular weight excluding hydrogens is 503 g/mol. The number of rotatable bonds is 6. The number of alkyl halides is 3. The Morgan fingerprint density at radius 1 is 1.21 bits per heavy atom. The van der Waals surface area contributed by atoms with Crippen molar-refractivity contribution < 1.29 is 13.2 Å². The molecule has 11 heteroatoms. The number of thioether (sulfide) groups is 1. The zero-order valence-electron chi connectivity index (χ0n) is 18.6. The number of nitrogens with one attached hydrogen (secondary N) is 2. The number of nitrogens with zero attached hydrogens (tertiary/aromatic N) is 3. The Kier molecular flexibility index (Phi) is 6.43. The molecule has 2 aromatic heterocycles. The molecule has 0 saturated heterocycles. The van der Waals surface area contributed by atoms with Gasteiger partial charge in [-0.25, -0.2) is 9.97 Å². The molecule has 0 unspecified atom stereocenters. The van der Waals surface area contributed by atoms with Gasteiger partial charge in [0, 0.05) is 30.2 Å². The smallest absolute Gasteiger partial charge is 0.373 e. The normalized spacial score (nSPS) is 16.4. The second kappa shape index (κ2) is 9.22. The van der Waals surface area contributed by atoms with Crippen molar-refractivity contribution in [2.75, 3.05) is 30.5 Å². The van der Waals surface area contributed by atoms with Crippen molar-refractivity contribution in [2.45, 2.75) is 42.9 Å². The summed E-state index contributed by atoms with van der Waals surface area (Å²) in [5, 5.41) is 7.83. The number of halogens is 4. The maximum absolute atomic E-state index is 13.8. The van der Waals surface area contributed by atoms with Crippen LogP contribution in [0.5, 0.6) is 0 Å². The van der Waals surface area contributed by atoms with Gasteiger partial charge in [0.15, 0.2) is 0 Å². The van der Waals surface area contributed by atoms with Crippen LogP contribution >= 0.6 is 34.7 Å².